The second-order valence-corrected chi connectivity index (χ2v) is 6.33. The zero-order chi connectivity index (χ0) is 18.0. The quantitative estimate of drug-likeness (QED) is 0.923. The molecular formula is C20H21FN2O2. The van der Waals surface area contributed by atoms with E-state index < -0.39 is 5.92 Å². The van der Waals surface area contributed by atoms with Gasteiger partial charge in [-0.25, -0.2) is 4.39 Å². The van der Waals surface area contributed by atoms with Gasteiger partial charge in [-0.15, -0.1) is 0 Å². The molecule has 3 rings (SSSR count). The minimum Gasteiger partial charge on any atom is -0.325 e. The third-order valence-corrected chi connectivity index (χ3v) is 4.62. The van der Waals surface area contributed by atoms with Gasteiger partial charge in [0.1, 0.15) is 5.82 Å². The van der Waals surface area contributed by atoms with Crippen LogP contribution in [0.1, 0.15) is 24.5 Å². The van der Waals surface area contributed by atoms with Crippen molar-refractivity contribution in [2.45, 2.75) is 26.7 Å². The number of halogens is 1. The van der Waals surface area contributed by atoms with Crippen molar-refractivity contribution in [3.05, 3.63) is 59.4 Å². The lowest BCUT2D eigenvalue weighted by Crippen LogP contribution is -2.28. The van der Waals surface area contributed by atoms with Crippen molar-refractivity contribution < 1.29 is 14.0 Å². The molecule has 25 heavy (non-hydrogen) atoms. The van der Waals surface area contributed by atoms with Crippen LogP contribution in [0.15, 0.2) is 42.5 Å². The summed E-state index contributed by atoms with van der Waals surface area (Å²) in [5.74, 6) is -1.03. The first-order chi connectivity index (χ1) is 12.0. The van der Waals surface area contributed by atoms with Gasteiger partial charge in [0, 0.05) is 24.3 Å². The lowest BCUT2D eigenvalue weighted by atomic mass is 10.0. The van der Waals surface area contributed by atoms with Gasteiger partial charge in [0.25, 0.3) is 0 Å². The van der Waals surface area contributed by atoms with E-state index in [1.165, 1.54) is 12.1 Å². The number of hydrogen-bond donors (Lipinski definition) is 1. The Hall–Kier alpha value is -2.69. The van der Waals surface area contributed by atoms with E-state index in [1.54, 1.807) is 17.0 Å². The van der Waals surface area contributed by atoms with E-state index >= 15 is 0 Å². The fourth-order valence-corrected chi connectivity index (χ4v) is 3.18. The second-order valence-electron chi connectivity index (χ2n) is 6.33. The third-order valence-electron chi connectivity index (χ3n) is 4.62. The van der Waals surface area contributed by atoms with Gasteiger partial charge in [-0.2, -0.15) is 0 Å². The summed E-state index contributed by atoms with van der Waals surface area (Å²) >= 11 is 0. The molecule has 0 radical (unpaired) electrons. The first kappa shape index (κ1) is 17.1. The number of nitrogens with zero attached hydrogens (tertiary/aromatic N) is 1. The summed E-state index contributed by atoms with van der Waals surface area (Å²) in [7, 11) is 0. The van der Waals surface area contributed by atoms with Crippen molar-refractivity contribution in [2.24, 2.45) is 5.92 Å². The van der Waals surface area contributed by atoms with Crippen LogP contribution >= 0.6 is 0 Å². The van der Waals surface area contributed by atoms with Crippen LogP contribution in [0.2, 0.25) is 0 Å². The van der Waals surface area contributed by atoms with Crippen LogP contribution in [0.25, 0.3) is 0 Å². The van der Waals surface area contributed by atoms with E-state index in [0.29, 0.717) is 12.2 Å². The van der Waals surface area contributed by atoms with Crippen LogP contribution in [0.4, 0.5) is 15.8 Å². The molecule has 0 bridgehead atoms. The zero-order valence-corrected chi connectivity index (χ0v) is 14.4. The van der Waals surface area contributed by atoms with E-state index in [1.807, 2.05) is 32.0 Å². The van der Waals surface area contributed by atoms with E-state index in [9.17, 15) is 14.0 Å². The number of carbonyl (C=O) groups excluding carboxylic acids is 2. The Bertz CT molecular complexity index is 802. The summed E-state index contributed by atoms with van der Waals surface area (Å²) in [5.41, 5.74) is 3.54. The minimum atomic E-state index is -0.415. The van der Waals surface area contributed by atoms with Crippen LogP contribution in [-0.2, 0) is 16.0 Å². The Kier molecular flexibility index (Phi) is 4.83. The molecule has 1 saturated heterocycles. The van der Waals surface area contributed by atoms with Crippen molar-refractivity contribution in [1.82, 2.24) is 0 Å². The van der Waals surface area contributed by atoms with Gasteiger partial charge in [-0.05, 0) is 48.7 Å². The number of nitrogens with one attached hydrogen (secondary N) is 1. The first-order valence-corrected chi connectivity index (χ1v) is 8.45. The van der Waals surface area contributed by atoms with Gasteiger partial charge in [-0.3, -0.25) is 9.59 Å². The van der Waals surface area contributed by atoms with Crippen molar-refractivity contribution in [3.63, 3.8) is 0 Å². The highest BCUT2D eigenvalue weighted by atomic mass is 19.1. The molecule has 1 heterocycles. The Morgan fingerprint density at radius 3 is 2.64 bits per heavy atom. The maximum atomic E-state index is 13.1. The van der Waals surface area contributed by atoms with Crippen molar-refractivity contribution in [3.8, 4) is 0 Å². The number of carbonyl (C=O) groups is 2. The fourth-order valence-electron chi connectivity index (χ4n) is 3.18. The molecule has 0 aromatic heterocycles. The van der Waals surface area contributed by atoms with Gasteiger partial charge in [0.05, 0.1) is 5.92 Å². The summed E-state index contributed by atoms with van der Waals surface area (Å²) in [5, 5.41) is 3.00. The molecule has 1 aliphatic heterocycles. The summed E-state index contributed by atoms with van der Waals surface area (Å²) < 4.78 is 13.1. The summed E-state index contributed by atoms with van der Waals surface area (Å²) in [6.45, 7) is 4.31. The van der Waals surface area contributed by atoms with Crippen molar-refractivity contribution in [1.29, 1.82) is 0 Å². The SMILES string of the molecule is CCc1cccc(C)c1NC(=O)C1CC(=O)N(c2ccc(F)cc2)C1. The van der Waals surface area contributed by atoms with E-state index in [0.717, 1.165) is 23.2 Å². The van der Waals surface area contributed by atoms with Crippen molar-refractivity contribution in [2.75, 3.05) is 16.8 Å². The van der Waals surface area contributed by atoms with E-state index in [2.05, 4.69) is 5.32 Å². The zero-order valence-electron chi connectivity index (χ0n) is 14.4. The molecule has 1 atom stereocenters. The molecular weight excluding hydrogens is 319 g/mol. The highest BCUT2D eigenvalue weighted by molar-refractivity contribution is 6.03. The van der Waals surface area contributed by atoms with E-state index in [4.69, 9.17) is 0 Å². The van der Waals surface area contributed by atoms with Crippen LogP contribution in [-0.4, -0.2) is 18.4 Å². The Morgan fingerprint density at radius 2 is 1.96 bits per heavy atom. The molecule has 4 nitrogen and oxygen atoms in total. The molecule has 2 amide bonds. The molecule has 0 saturated carbocycles. The summed E-state index contributed by atoms with van der Waals surface area (Å²) in [6, 6.07) is 11.7. The lowest BCUT2D eigenvalue weighted by Gasteiger charge is -2.18. The average Bonchev–Trinajstić information content (AvgIpc) is 2.99. The largest absolute Gasteiger partial charge is 0.325 e. The number of amides is 2. The highest BCUT2D eigenvalue weighted by Crippen LogP contribution is 2.28. The molecule has 2 aromatic rings. The molecule has 1 unspecified atom stereocenters. The predicted molar refractivity (Wildman–Crippen MR) is 96.0 cm³/mol. The maximum Gasteiger partial charge on any atom is 0.229 e. The van der Waals surface area contributed by atoms with Gasteiger partial charge in [0.2, 0.25) is 11.8 Å². The third kappa shape index (κ3) is 3.55. The summed E-state index contributed by atoms with van der Waals surface area (Å²) in [4.78, 5) is 26.5. The Balaban J connectivity index is 1.74. The maximum absolute atomic E-state index is 13.1. The van der Waals surface area contributed by atoms with Crippen LogP contribution in [0.5, 0.6) is 0 Å². The molecule has 1 fully saturated rings. The average molecular weight is 340 g/mol. The first-order valence-electron chi connectivity index (χ1n) is 8.45. The monoisotopic (exact) mass is 340 g/mol. The molecule has 2 aromatic carbocycles. The number of rotatable bonds is 4. The lowest BCUT2D eigenvalue weighted by molar-refractivity contribution is -0.122. The Labute approximate surface area is 146 Å². The van der Waals surface area contributed by atoms with E-state index in [-0.39, 0.29) is 24.1 Å². The molecule has 5 heteroatoms. The molecule has 130 valence electrons. The molecule has 0 aliphatic carbocycles. The molecule has 1 aliphatic rings. The van der Waals surface area contributed by atoms with Crippen LogP contribution in [0, 0.1) is 18.7 Å². The van der Waals surface area contributed by atoms with Crippen LogP contribution < -0.4 is 10.2 Å². The molecule has 0 spiro atoms. The number of para-hydroxylation sites is 1. The summed E-state index contributed by atoms with van der Waals surface area (Å²) in [6.07, 6.45) is 0.985. The Morgan fingerprint density at radius 1 is 1.24 bits per heavy atom. The smallest absolute Gasteiger partial charge is 0.229 e. The topological polar surface area (TPSA) is 49.4 Å². The normalized spacial score (nSPS) is 17.0. The number of aryl methyl sites for hydroxylation is 2. The standard InChI is InChI=1S/C20H21FN2O2/c1-3-14-6-4-5-13(2)19(14)22-20(25)15-11-18(24)23(12-15)17-9-7-16(21)8-10-17/h4-10,15H,3,11-12H2,1-2H3,(H,22,25). The van der Waals surface area contributed by atoms with Gasteiger partial charge < -0.3 is 10.2 Å². The van der Waals surface area contributed by atoms with Crippen molar-refractivity contribution >= 4 is 23.2 Å². The van der Waals surface area contributed by atoms with Gasteiger partial charge in [-0.1, -0.05) is 25.1 Å². The molecule has 1 N–H and O–H groups in total. The second kappa shape index (κ2) is 7.05. The van der Waals surface area contributed by atoms with Gasteiger partial charge >= 0.3 is 0 Å². The number of hydrogen-bond acceptors (Lipinski definition) is 2. The highest BCUT2D eigenvalue weighted by Gasteiger charge is 2.35. The number of anilines is 2. The van der Waals surface area contributed by atoms with Crippen LogP contribution in [0.3, 0.4) is 0 Å². The minimum absolute atomic E-state index is 0.118. The van der Waals surface area contributed by atoms with Gasteiger partial charge in [0.15, 0.2) is 0 Å². The predicted octanol–water partition coefficient (Wildman–Crippen LogP) is 3.69. The fraction of sp³-hybridized carbons (Fsp3) is 0.300. The number of benzene rings is 2.